The molecule has 0 spiro atoms. The van der Waals surface area contributed by atoms with Crippen LogP contribution < -0.4 is 4.74 Å². The molecule has 0 radical (unpaired) electrons. The van der Waals surface area contributed by atoms with Gasteiger partial charge in [-0.15, -0.1) is 0 Å². The van der Waals surface area contributed by atoms with Crippen molar-refractivity contribution in [2.45, 2.75) is 39.8 Å². The second-order valence-electron chi connectivity index (χ2n) is 10.1. The minimum absolute atomic E-state index is 0.0812. The van der Waals surface area contributed by atoms with Gasteiger partial charge >= 0.3 is 0 Å². The zero-order valence-corrected chi connectivity index (χ0v) is 21.7. The maximum atomic E-state index is 13.2. The number of carbonyl (C=O) groups is 2. The molecule has 0 saturated carbocycles. The van der Waals surface area contributed by atoms with Gasteiger partial charge in [0.05, 0.1) is 19.3 Å². The van der Waals surface area contributed by atoms with Crippen molar-refractivity contribution in [2.75, 3.05) is 32.8 Å². The molecule has 0 bridgehead atoms. The van der Waals surface area contributed by atoms with E-state index in [1.807, 2.05) is 30.9 Å². The summed E-state index contributed by atoms with van der Waals surface area (Å²) >= 11 is 0. The number of carbonyl (C=O) groups excluding carboxylic acids is 2. The molecule has 3 heterocycles. The molecule has 3 aromatic rings. The topological polar surface area (TPSA) is 72.2 Å². The smallest absolute Gasteiger partial charge is 0.289 e. The largest absolute Gasteiger partial charge is 0.486 e. The summed E-state index contributed by atoms with van der Waals surface area (Å²) in [4.78, 5) is 29.6. The normalized spacial score (nSPS) is 17.6. The van der Waals surface area contributed by atoms with Crippen LogP contribution in [0.5, 0.6) is 5.75 Å². The summed E-state index contributed by atoms with van der Waals surface area (Å²) < 4.78 is 17.2. The SMILES string of the molecule is Cc1ccc(C2c3cc(OCc4ccc(C(=O)N5CCOCC5)o4)ccc3CCN2C(=O)C(C)C)cc1. The van der Waals surface area contributed by atoms with Gasteiger partial charge in [-0.3, -0.25) is 9.59 Å². The number of rotatable bonds is 6. The molecule has 1 saturated heterocycles. The molecule has 5 rings (SSSR count). The lowest BCUT2D eigenvalue weighted by Crippen LogP contribution is -2.42. The average Bonchev–Trinajstić information content (AvgIpc) is 3.40. The van der Waals surface area contributed by atoms with Crippen LogP contribution >= 0.6 is 0 Å². The van der Waals surface area contributed by atoms with E-state index in [0.29, 0.717) is 50.1 Å². The van der Waals surface area contributed by atoms with E-state index in [2.05, 4.69) is 37.3 Å². The van der Waals surface area contributed by atoms with E-state index >= 15 is 0 Å². The summed E-state index contributed by atoms with van der Waals surface area (Å²) in [5.41, 5.74) is 4.59. The molecule has 7 heteroatoms. The first-order chi connectivity index (χ1) is 17.9. The van der Waals surface area contributed by atoms with Crippen LogP contribution in [0.4, 0.5) is 0 Å². The molecule has 2 aliphatic heterocycles. The van der Waals surface area contributed by atoms with Crippen LogP contribution in [0, 0.1) is 12.8 Å². The third-order valence-electron chi connectivity index (χ3n) is 7.07. The second-order valence-corrected chi connectivity index (χ2v) is 10.1. The number of hydrogen-bond donors (Lipinski definition) is 0. The molecule has 1 fully saturated rings. The molecule has 1 unspecified atom stereocenters. The number of benzene rings is 2. The van der Waals surface area contributed by atoms with Gasteiger partial charge in [0.1, 0.15) is 18.1 Å². The zero-order chi connectivity index (χ0) is 25.9. The third-order valence-corrected chi connectivity index (χ3v) is 7.07. The highest BCUT2D eigenvalue weighted by Gasteiger charge is 2.33. The van der Waals surface area contributed by atoms with Crippen molar-refractivity contribution in [3.63, 3.8) is 0 Å². The van der Waals surface area contributed by atoms with Crippen LogP contribution in [0.2, 0.25) is 0 Å². The predicted molar refractivity (Wildman–Crippen MR) is 139 cm³/mol. The Morgan fingerprint density at radius 2 is 1.76 bits per heavy atom. The number of hydrogen-bond acceptors (Lipinski definition) is 5. The van der Waals surface area contributed by atoms with Crippen molar-refractivity contribution in [2.24, 2.45) is 5.92 Å². The Labute approximate surface area is 218 Å². The molecule has 1 atom stereocenters. The highest BCUT2D eigenvalue weighted by molar-refractivity contribution is 5.91. The van der Waals surface area contributed by atoms with E-state index in [1.165, 1.54) is 11.1 Å². The van der Waals surface area contributed by atoms with Gasteiger partial charge in [-0.2, -0.15) is 0 Å². The molecule has 37 heavy (non-hydrogen) atoms. The van der Waals surface area contributed by atoms with Crippen LogP contribution in [-0.4, -0.2) is 54.5 Å². The maximum Gasteiger partial charge on any atom is 0.289 e. The molecule has 2 aliphatic rings. The monoisotopic (exact) mass is 502 g/mol. The Hall–Kier alpha value is -3.58. The number of fused-ring (bicyclic) bond motifs is 1. The molecular formula is C30H34N2O5. The summed E-state index contributed by atoms with van der Waals surface area (Å²) in [5, 5.41) is 0. The van der Waals surface area contributed by atoms with Crippen LogP contribution in [0.25, 0.3) is 0 Å². The lowest BCUT2D eigenvalue weighted by Gasteiger charge is -2.39. The van der Waals surface area contributed by atoms with Gasteiger partial charge < -0.3 is 23.7 Å². The first-order valence-electron chi connectivity index (χ1n) is 13.0. The highest BCUT2D eigenvalue weighted by Crippen LogP contribution is 2.38. The number of ether oxygens (including phenoxy) is 2. The van der Waals surface area contributed by atoms with Crippen LogP contribution in [0.3, 0.4) is 0 Å². The maximum absolute atomic E-state index is 13.2. The fraction of sp³-hybridized carbons (Fsp3) is 0.400. The van der Waals surface area contributed by atoms with Crippen LogP contribution in [0.15, 0.2) is 59.0 Å². The van der Waals surface area contributed by atoms with E-state index < -0.39 is 0 Å². The quantitative estimate of drug-likeness (QED) is 0.486. The predicted octanol–water partition coefficient (Wildman–Crippen LogP) is 4.77. The van der Waals surface area contributed by atoms with Gasteiger partial charge in [-0.05, 0) is 54.3 Å². The Kier molecular flexibility index (Phi) is 7.33. The van der Waals surface area contributed by atoms with Crippen molar-refractivity contribution in [1.29, 1.82) is 0 Å². The fourth-order valence-corrected chi connectivity index (χ4v) is 5.01. The molecule has 0 aliphatic carbocycles. The standard InChI is InChI=1S/C30H34N2O5/c1-20(2)29(33)32-13-12-22-8-9-24(18-26(22)28(32)23-6-4-21(3)5-7-23)36-19-25-10-11-27(37-25)30(34)31-14-16-35-17-15-31/h4-11,18,20,28H,12-17,19H2,1-3H3. The van der Waals surface area contributed by atoms with Gasteiger partial charge in [0, 0.05) is 25.6 Å². The van der Waals surface area contributed by atoms with Crippen molar-refractivity contribution in [1.82, 2.24) is 9.80 Å². The third kappa shape index (κ3) is 5.42. The number of nitrogens with zero attached hydrogens (tertiary/aromatic N) is 2. The summed E-state index contributed by atoms with van der Waals surface area (Å²) in [6.45, 7) is 9.09. The van der Waals surface area contributed by atoms with E-state index in [4.69, 9.17) is 13.9 Å². The highest BCUT2D eigenvalue weighted by atomic mass is 16.5. The summed E-state index contributed by atoms with van der Waals surface area (Å²) in [7, 11) is 0. The Morgan fingerprint density at radius 3 is 2.49 bits per heavy atom. The number of furan rings is 1. The molecule has 2 aromatic carbocycles. The van der Waals surface area contributed by atoms with Crippen molar-refractivity contribution < 1.29 is 23.5 Å². The van der Waals surface area contributed by atoms with Gasteiger partial charge in [-0.25, -0.2) is 0 Å². The van der Waals surface area contributed by atoms with Gasteiger partial charge in [0.2, 0.25) is 5.91 Å². The Balaban J connectivity index is 1.36. The first-order valence-corrected chi connectivity index (χ1v) is 13.0. The molecule has 0 N–H and O–H groups in total. The van der Waals surface area contributed by atoms with E-state index in [1.54, 1.807) is 17.0 Å². The van der Waals surface area contributed by atoms with Crippen molar-refractivity contribution >= 4 is 11.8 Å². The number of morpholine rings is 1. The van der Waals surface area contributed by atoms with E-state index in [-0.39, 0.29) is 30.4 Å². The molecular weight excluding hydrogens is 468 g/mol. The summed E-state index contributed by atoms with van der Waals surface area (Å²) in [5.74, 6) is 1.54. The van der Waals surface area contributed by atoms with Gasteiger partial charge in [-0.1, -0.05) is 49.7 Å². The molecule has 7 nitrogen and oxygen atoms in total. The van der Waals surface area contributed by atoms with Crippen LogP contribution in [-0.2, 0) is 22.6 Å². The Bertz CT molecular complexity index is 1260. The van der Waals surface area contributed by atoms with Crippen molar-refractivity contribution in [3.05, 3.63) is 88.4 Å². The fourth-order valence-electron chi connectivity index (χ4n) is 5.01. The van der Waals surface area contributed by atoms with Crippen LogP contribution in [0.1, 0.15) is 58.5 Å². The molecule has 1 aromatic heterocycles. The lowest BCUT2D eigenvalue weighted by molar-refractivity contribution is -0.136. The molecule has 2 amide bonds. The number of aryl methyl sites for hydroxylation is 1. The zero-order valence-electron chi connectivity index (χ0n) is 21.7. The average molecular weight is 503 g/mol. The van der Waals surface area contributed by atoms with Gasteiger partial charge in [0.25, 0.3) is 5.91 Å². The Morgan fingerprint density at radius 1 is 1.00 bits per heavy atom. The van der Waals surface area contributed by atoms with E-state index in [0.717, 1.165) is 17.5 Å². The summed E-state index contributed by atoms with van der Waals surface area (Å²) in [6, 6.07) is 17.8. The minimum Gasteiger partial charge on any atom is -0.486 e. The van der Waals surface area contributed by atoms with Crippen molar-refractivity contribution in [3.8, 4) is 5.75 Å². The van der Waals surface area contributed by atoms with Gasteiger partial charge in [0.15, 0.2) is 5.76 Å². The lowest BCUT2D eigenvalue weighted by atomic mass is 9.87. The first kappa shape index (κ1) is 25.1. The number of amides is 2. The minimum atomic E-state index is -0.163. The summed E-state index contributed by atoms with van der Waals surface area (Å²) in [6.07, 6.45) is 0.807. The second kappa shape index (κ2) is 10.8. The van der Waals surface area contributed by atoms with E-state index in [9.17, 15) is 9.59 Å². The molecule has 194 valence electrons.